The van der Waals surface area contributed by atoms with Gasteiger partial charge in [-0.1, -0.05) is 12.1 Å². The number of hydrogen-bond donors (Lipinski definition) is 0. The summed E-state index contributed by atoms with van der Waals surface area (Å²) < 4.78 is 5.35. The molecule has 4 nitrogen and oxygen atoms in total. The van der Waals surface area contributed by atoms with Gasteiger partial charge in [0.05, 0.1) is 16.3 Å². The van der Waals surface area contributed by atoms with Gasteiger partial charge in [-0.2, -0.15) is 9.64 Å². The van der Waals surface area contributed by atoms with E-state index in [2.05, 4.69) is 10.4 Å². The summed E-state index contributed by atoms with van der Waals surface area (Å²) in [5.74, 6) is 0. The van der Waals surface area contributed by atoms with E-state index < -0.39 is 0 Å². The van der Waals surface area contributed by atoms with Crippen LogP contribution >= 0.6 is 23.3 Å². The molecule has 1 aromatic heterocycles. The topological polar surface area (TPSA) is 57.0 Å². The molecule has 1 heterocycles. The van der Waals surface area contributed by atoms with Crippen LogP contribution in [-0.2, 0) is 0 Å². The van der Waals surface area contributed by atoms with Crippen LogP contribution in [0.3, 0.4) is 0 Å². The van der Waals surface area contributed by atoms with E-state index >= 15 is 0 Å². The summed E-state index contributed by atoms with van der Waals surface area (Å²) in [7, 11) is 3.49. The Hall–Kier alpha value is -2.36. The van der Waals surface area contributed by atoms with Crippen molar-refractivity contribution in [2.75, 3.05) is 14.1 Å². The Morgan fingerprint density at radius 2 is 2.08 bits per heavy atom. The second-order valence-electron chi connectivity index (χ2n) is 5.59. The van der Waals surface area contributed by atoms with E-state index in [0.29, 0.717) is 5.56 Å². The molecule has 0 aliphatic heterocycles. The van der Waals surface area contributed by atoms with Gasteiger partial charge in [0.2, 0.25) is 0 Å². The van der Waals surface area contributed by atoms with Gasteiger partial charge in [0, 0.05) is 36.1 Å². The summed E-state index contributed by atoms with van der Waals surface area (Å²) in [6.45, 7) is 1.98. The molecular formula is C18H15N3OS2. The van der Waals surface area contributed by atoms with Crippen molar-refractivity contribution in [3.63, 3.8) is 0 Å². The first-order valence-corrected chi connectivity index (χ1v) is 8.88. The van der Waals surface area contributed by atoms with Gasteiger partial charge in [-0.3, -0.25) is 4.79 Å². The van der Waals surface area contributed by atoms with E-state index in [1.165, 1.54) is 23.3 Å². The molecule has 0 unspecified atom stereocenters. The maximum absolute atomic E-state index is 12.2. The lowest BCUT2D eigenvalue weighted by atomic mass is 9.98. The highest BCUT2D eigenvalue weighted by Crippen LogP contribution is 2.41. The number of amides is 1. The lowest BCUT2D eigenvalue weighted by molar-refractivity contribution is 0.241. The Morgan fingerprint density at radius 1 is 1.29 bits per heavy atom. The average molecular weight is 353 g/mol. The smallest absolute Gasteiger partial charge is 0.285 e. The molecule has 0 N–H and O–H groups in total. The molecule has 0 atom stereocenters. The minimum absolute atomic E-state index is 0.0218. The molecule has 0 aliphatic carbocycles. The van der Waals surface area contributed by atoms with Gasteiger partial charge in [0.15, 0.2) is 0 Å². The van der Waals surface area contributed by atoms with Crippen molar-refractivity contribution in [3.05, 3.63) is 47.7 Å². The minimum atomic E-state index is -0.0218. The zero-order chi connectivity index (χ0) is 17.3. The summed E-state index contributed by atoms with van der Waals surface area (Å²) in [5, 5.41) is 10.1. The van der Waals surface area contributed by atoms with Crippen molar-refractivity contribution in [1.82, 2.24) is 9.27 Å². The van der Waals surface area contributed by atoms with Gasteiger partial charge in [-0.05, 0) is 59.5 Å². The number of thioether (sulfide) groups is 1. The summed E-state index contributed by atoms with van der Waals surface area (Å²) >= 11 is 2.63. The zero-order valence-electron chi connectivity index (χ0n) is 13.5. The first-order chi connectivity index (χ1) is 11.5. The molecule has 3 rings (SSSR count). The molecule has 24 heavy (non-hydrogen) atoms. The Bertz CT molecular complexity index is 970. The van der Waals surface area contributed by atoms with Crippen LogP contribution in [0.4, 0.5) is 4.79 Å². The largest absolute Gasteiger partial charge is 0.339 e. The highest BCUT2D eigenvalue weighted by molar-refractivity contribution is 8.13. The lowest BCUT2D eigenvalue weighted by Crippen LogP contribution is -2.16. The predicted octanol–water partition coefficient (Wildman–Crippen LogP) is 4.92. The number of nitriles is 1. The molecule has 0 bridgehead atoms. The Balaban J connectivity index is 2.23. The number of aromatic nitrogens is 1. The number of rotatable bonds is 2. The van der Waals surface area contributed by atoms with E-state index in [1.807, 2.05) is 43.5 Å². The third kappa shape index (κ3) is 3.01. The van der Waals surface area contributed by atoms with Crippen LogP contribution in [-0.4, -0.2) is 28.6 Å². The van der Waals surface area contributed by atoms with Crippen LogP contribution in [0.25, 0.3) is 21.2 Å². The molecule has 2 aromatic carbocycles. The van der Waals surface area contributed by atoms with Crippen molar-refractivity contribution >= 4 is 38.6 Å². The van der Waals surface area contributed by atoms with Gasteiger partial charge < -0.3 is 4.90 Å². The predicted molar refractivity (Wildman–Crippen MR) is 99.4 cm³/mol. The molecule has 0 radical (unpaired) electrons. The summed E-state index contributed by atoms with van der Waals surface area (Å²) in [6, 6.07) is 11.8. The fraction of sp³-hybridized carbons (Fsp3) is 0.167. The maximum atomic E-state index is 12.2. The van der Waals surface area contributed by atoms with Gasteiger partial charge in [-0.15, -0.1) is 0 Å². The lowest BCUT2D eigenvalue weighted by Gasteiger charge is -2.15. The molecule has 0 aliphatic rings. The molecule has 1 amide bonds. The van der Waals surface area contributed by atoms with Crippen LogP contribution in [0.15, 0.2) is 41.4 Å². The number of carbonyl (C=O) groups is 1. The number of benzene rings is 2. The van der Waals surface area contributed by atoms with Crippen LogP contribution in [0, 0.1) is 18.3 Å². The normalized spacial score (nSPS) is 10.6. The van der Waals surface area contributed by atoms with E-state index in [4.69, 9.17) is 5.26 Å². The van der Waals surface area contributed by atoms with Gasteiger partial charge in [0.1, 0.15) is 0 Å². The SMILES string of the molecule is Cc1cc(C#N)ccc1-c1c(SC(=O)N(C)C)ccc2cnsc12. The molecular weight excluding hydrogens is 338 g/mol. The van der Waals surface area contributed by atoms with E-state index in [9.17, 15) is 4.79 Å². The van der Waals surface area contributed by atoms with E-state index in [-0.39, 0.29) is 5.24 Å². The van der Waals surface area contributed by atoms with E-state index in [1.54, 1.807) is 19.0 Å². The molecule has 3 aromatic rings. The number of nitrogens with zero attached hydrogens (tertiary/aromatic N) is 3. The fourth-order valence-corrected chi connectivity index (χ4v) is 4.15. The molecule has 0 saturated heterocycles. The average Bonchev–Trinajstić information content (AvgIpc) is 3.03. The second kappa shape index (κ2) is 6.63. The fourth-order valence-electron chi connectivity index (χ4n) is 2.46. The number of fused-ring (bicyclic) bond motifs is 1. The Kier molecular flexibility index (Phi) is 4.56. The van der Waals surface area contributed by atoms with Crippen LogP contribution in [0.2, 0.25) is 0 Å². The summed E-state index contributed by atoms with van der Waals surface area (Å²) in [6.07, 6.45) is 1.84. The van der Waals surface area contributed by atoms with Crippen LogP contribution in [0.5, 0.6) is 0 Å². The Morgan fingerprint density at radius 3 is 2.75 bits per heavy atom. The van der Waals surface area contributed by atoms with Gasteiger partial charge in [0.25, 0.3) is 5.24 Å². The van der Waals surface area contributed by atoms with Gasteiger partial charge >= 0.3 is 0 Å². The highest BCUT2D eigenvalue weighted by Gasteiger charge is 2.18. The molecule has 0 saturated carbocycles. The summed E-state index contributed by atoms with van der Waals surface area (Å²) in [4.78, 5) is 14.7. The highest BCUT2D eigenvalue weighted by atomic mass is 32.2. The number of hydrogen-bond acceptors (Lipinski definition) is 5. The Labute approximate surface area is 148 Å². The zero-order valence-corrected chi connectivity index (χ0v) is 15.2. The van der Waals surface area contributed by atoms with Crippen molar-refractivity contribution < 1.29 is 4.79 Å². The first-order valence-electron chi connectivity index (χ1n) is 7.29. The second-order valence-corrected chi connectivity index (χ2v) is 7.38. The van der Waals surface area contributed by atoms with Crippen molar-refractivity contribution in [2.45, 2.75) is 11.8 Å². The molecule has 0 spiro atoms. The standard InChI is InChI=1S/C18H15N3OS2/c1-11-8-12(9-19)4-6-14(11)16-15(23-18(22)21(2)3)7-5-13-10-20-24-17(13)16/h4-8,10H,1-3H3. The van der Waals surface area contributed by atoms with E-state index in [0.717, 1.165) is 31.7 Å². The first kappa shape index (κ1) is 16.5. The van der Waals surface area contributed by atoms with Crippen LogP contribution in [0.1, 0.15) is 11.1 Å². The molecule has 6 heteroatoms. The van der Waals surface area contributed by atoms with Crippen molar-refractivity contribution in [2.24, 2.45) is 0 Å². The van der Waals surface area contributed by atoms with Crippen molar-refractivity contribution in [3.8, 4) is 17.2 Å². The maximum Gasteiger partial charge on any atom is 0.285 e. The minimum Gasteiger partial charge on any atom is -0.339 e. The number of carbonyl (C=O) groups excluding carboxylic acids is 1. The molecule has 120 valence electrons. The number of aryl methyl sites for hydroxylation is 1. The third-order valence-corrected chi connectivity index (χ3v) is 5.61. The molecule has 0 fully saturated rings. The van der Waals surface area contributed by atoms with Gasteiger partial charge in [-0.25, -0.2) is 0 Å². The summed E-state index contributed by atoms with van der Waals surface area (Å²) in [5.41, 5.74) is 3.68. The van der Waals surface area contributed by atoms with Crippen LogP contribution < -0.4 is 0 Å². The quantitative estimate of drug-likeness (QED) is 0.614. The van der Waals surface area contributed by atoms with Crippen molar-refractivity contribution in [1.29, 1.82) is 5.26 Å². The monoisotopic (exact) mass is 353 g/mol. The third-order valence-electron chi connectivity index (χ3n) is 3.67.